The molecule has 2 atom stereocenters. The number of hydrogen-bond donors (Lipinski definition) is 4. The third-order valence-electron chi connectivity index (χ3n) is 5.09. The van der Waals surface area contributed by atoms with Crippen LogP contribution >= 0.6 is 0 Å². The number of nitrogens with zero attached hydrogens (tertiary/aromatic N) is 2. The monoisotopic (exact) mass is 509 g/mol. The number of benzene rings is 2. The molecule has 2 rings (SSSR count). The Bertz CT molecular complexity index is 1180. The maximum absolute atomic E-state index is 13.6. The molecule has 0 aliphatic heterocycles. The van der Waals surface area contributed by atoms with Crippen molar-refractivity contribution >= 4 is 29.5 Å². The van der Waals surface area contributed by atoms with E-state index in [4.69, 9.17) is 10.5 Å². The number of rotatable bonds is 9. The highest BCUT2D eigenvalue weighted by Gasteiger charge is 2.37. The second kappa shape index (κ2) is 12.4. The van der Waals surface area contributed by atoms with Crippen molar-refractivity contribution < 1.29 is 29.0 Å². The summed E-state index contributed by atoms with van der Waals surface area (Å²) in [4.78, 5) is 52.3. The molecule has 11 nitrogen and oxygen atoms in total. The van der Waals surface area contributed by atoms with E-state index in [1.54, 1.807) is 52.0 Å². The van der Waals surface area contributed by atoms with E-state index < -0.39 is 54.5 Å². The highest BCUT2D eigenvalue weighted by atomic mass is 16.6. The molecule has 2 aromatic carbocycles. The third-order valence-corrected chi connectivity index (χ3v) is 5.09. The largest absolute Gasteiger partial charge is 0.508 e. The van der Waals surface area contributed by atoms with Crippen LogP contribution in [0.15, 0.2) is 48.5 Å². The smallest absolute Gasteiger partial charge is 0.408 e. The molecule has 0 spiro atoms. The van der Waals surface area contributed by atoms with Crippen LogP contribution in [0.2, 0.25) is 0 Å². The van der Waals surface area contributed by atoms with Gasteiger partial charge in [-0.15, -0.1) is 0 Å². The molecule has 5 N–H and O–H groups in total. The molecule has 37 heavy (non-hydrogen) atoms. The van der Waals surface area contributed by atoms with Crippen LogP contribution in [-0.4, -0.2) is 52.0 Å². The predicted molar refractivity (Wildman–Crippen MR) is 135 cm³/mol. The highest BCUT2D eigenvalue weighted by molar-refractivity contribution is 6.00. The number of anilines is 1. The number of hydrogen-bond acceptors (Lipinski definition) is 7. The van der Waals surface area contributed by atoms with Gasteiger partial charge in [-0.05, 0) is 57.0 Å². The maximum atomic E-state index is 13.6. The lowest BCUT2D eigenvalue weighted by molar-refractivity contribution is -0.141. The summed E-state index contributed by atoms with van der Waals surface area (Å²) in [6.07, 6.45) is -1.57. The van der Waals surface area contributed by atoms with Crippen molar-refractivity contribution in [2.75, 3.05) is 11.9 Å². The zero-order chi connectivity index (χ0) is 27.8. The number of primary amides is 1. The van der Waals surface area contributed by atoms with Crippen molar-refractivity contribution in [1.29, 1.82) is 5.26 Å². The Kier molecular flexibility index (Phi) is 9.60. The fourth-order valence-electron chi connectivity index (χ4n) is 3.47. The highest BCUT2D eigenvalue weighted by Crippen LogP contribution is 2.27. The minimum atomic E-state index is -1.51. The number of amides is 4. The minimum absolute atomic E-state index is 0.0711. The minimum Gasteiger partial charge on any atom is -0.508 e. The van der Waals surface area contributed by atoms with E-state index in [-0.39, 0.29) is 11.3 Å². The number of aryl methyl sites for hydroxylation is 1. The standard InChI is InChI=1S/C26H31N5O6/c1-16-7-5-6-8-19(16)29-23(34)22(17-9-11-18(32)12-10-17)31(14-13-27)24(35)20(15-21(28)33)30-25(36)37-26(2,3)4/h5-12,20,22,32H,14-15H2,1-4H3,(H2,28,33)(H,29,34)(H,30,36). The summed E-state index contributed by atoms with van der Waals surface area (Å²) in [5, 5.41) is 24.3. The first-order valence-corrected chi connectivity index (χ1v) is 11.4. The van der Waals surface area contributed by atoms with Crippen LogP contribution in [0.1, 0.15) is 44.4 Å². The van der Waals surface area contributed by atoms with Gasteiger partial charge in [0, 0.05) is 5.69 Å². The molecule has 0 aliphatic carbocycles. The molecule has 2 aromatic rings. The molecule has 0 bridgehead atoms. The number of nitrogens with two attached hydrogens (primary N) is 1. The molecule has 0 aliphatic rings. The molecule has 0 saturated carbocycles. The van der Waals surface area contributed by atoms with E-state index >= 15 is 0 Å². The Hall–Kier alpha value is -4.59. The number of phenolic OH excluding ortho intramolecular Hbond substituents is 1. The molecular formula is C26H31N5O6. The number of carbonyl (C=O) groups is 4. The van der Waals surface area contributed by atoms with Gasteiger partial charge >= 0.3 is 6.09 Å². The lowest BCUT2D eigenvalue weighted by Crippen LogP contribution is -2.53. The van der Waals surface area contributed by atoms with E-state index in [0.29, 0.717) is 5.69 Å². The van der Waals surface area contributed by atoms with Gasteiger partial charge in [-0.3, -0.25) is 14.4 Å². The topological polar surface area (TPSA) is 175 Å². The summed E-state index contributed by atoms with van der Waals surface area (Å²) in [6, 6.07) is 11.5. The van der Waals surface area contributed by atoms with Crippen LogP contribution in [0, 0.1) is 18.3 Å². The molecule has 11 heteroatoms. The van der Waals surface area contributed by atoms with Crippen molar-refractivity contribution in [3.8, 4) is 11.8 Å². The number of aromatic hydroxyl groups is 1. The van der Waals surface area contributed by atoms with Gasteiger partial charge < -0.3 is 31.1 Å². The van der Waals surface area contributed by atoms with Crippen LogP contribution in [0.3, 0.4) is 0 Å². The zero-order valence-corrected chi connectivity index (χ0v) is 21.1. The first-order valence-electron chi connectivity index (χ1n) is 11.4. The normalized spacial score (nSPS) is 12.4. The molecular weight excluding hydrogens is 478 g/mol. The van der Waals surface area contributed by atoms with Crippen LogP contribution in [0.25, 0.3) is 0 Å². The maximum Gasteiger partial charge on any atom is 0.408 e. The second-order valence-corrected chi connectivity index (χ2v) is 9.29. The first kappa shape index (κ1) is 28.6. The number of nitrogens with one attached hydrogen (secondary N) is 2. The van der Waals surface area contributed by atoms with Crippen molar-refractivity contribution in [3.63, 3.8) is 0 Å². The average molecular weight is 510 g/mol. The molecule has 0 aromatic heterocycles. The van der Waals surface area contributed by atoms with E-state index in [1.165, 1.54) is 24.3 Å². The Morgan fingerprint density at radius 2 is 1.73 bits per heavy atom. The van der Waals surface area contributed by atoms with Crippen LogP contribution in [-0.2, 0) is 19.1 Å². The molecule has 2 unspecified atom stereocenters. The average Bonchev–Trinajstić information content (AvgIpc) is 2.79. The van der Waals surface area contributed by atoms with Crippen LogP contribution < -0.4 is 16.4 Å². The summed E-state index contributed by atoms with van der Waals surface area (Å²) in [6.45, 7) is 6.09. The van der Waals surface area contributed by atoms with Crippen molar-refractivity contribution in [3.05, 3.63) is 59.7 Å². The van der Waals surface area contributed by atoms with Gasteiger partial charge in [0.2, 0.25) is 11.8 Å². The molecule has 196 valence electrons. The van der Waals surface area contributed by atoms with Gasteiger partial charge in [0.1, 0.15) is 30.0 Å². The Labute approximate surface area is 215 Å². The van der Waals surface area contributed by atoms with E-state index in [0.717, 1.165) is 10.5 Å². The number of ether oxygens (including phenoxy) is 1. The van der Waals surface area contributed by atoms with Crippen LogP contribution in [0.5, 0.6) is 5.75 Å². The fraction of sp³-hybridized carbons (Fsp3) is 0.346. The number of para-hydroxylation sites is 1. The molecule has 0 radical (unpaired) electrons. The number of phenols is 1. The van der Waals surface area contributed by atoms with Gasteiger partial charge in [0.05, 0.1) is 12.5 Å². The Morgan fingerprint density at radius 1 is 1.11 bits per heavy atom. The second-order valence-electron chi connectivity index (χ2n) is 9.29. The van der Waals surface area contributed by atoms with Gasteiger partial charge in [0.15, 0.2) is 0 Å². The predicted octanol–water partition coefficient (Wildman–Crippen LogP) is 2.50. The molecule has 0 fully saturated rings. The summed E-state index contributed by atoms with van der Waals surface area (Å²) in [5.41, 5.74) is 5.95. The van der Waals surface area contributed by atoms with Crippen molar-refractivity contribution in [2.24, 2.45) is 5.73 Å². The summed E-state index contributed by atoms with van der Waals surface area (Å²) in [7, 11) is 0. The lowest BCUT2D eigenvalue weighted by atomic mass is 10.0. The summed E-state index contributed by atoms with van der Waals surface area (Å²) >= 11 is 0. The van der Waals surface area contributed by atoms with Gasteiger partial charge in [-0.2, -0.15) is 5.26 Å². The van der Waals surface area contributed by atoms with E-state index in [2.05, 4.69) is 10.6 Å². The fourth-order valence-corrected chi connectivity index (χ4v) is 3.47. The SMILES string of the molecule is Cc1ccccc1NC(=O)C(c1ccc(O)cc1)N(CC#N)C(=O)C(CC(N)=O)NC(=O)OC(C)(C)C. The molecule has 0 heterocycles. The third kappa shape index (κ3) is 8.54. The van der Waals surface area contributed by atoms with Gasteiger partial charge in [0.25, 0.3) is 5.91 Å². The number of alkyl carbamates (subject to hydrolysis) is 1. The summed E-state index contributed by atoms with van der Waals surface area (Å²) in [5.74, 6) is -2.52. The van der Waals surface area contributed by atoms with E-state index in [1.807, 2.05) is 6.07 Å². The summed E-state index contributed by atoms with van der Waals surface area (Å²) < 4.78 is 5.19. The first-order chi connectivity index (χ1) is 17.3. The molecule has 0 saturated heterocycles. The van der Waals surface area contributed by atoms with Crippen molar-refractivity contribution in [1.82, 2.24) is 10.2 Å². The Balaban J connectivity index is 2.51. The van der Waals surface area contributed by atoms with Crippen molar-refractivity contribution in [2.45, 2.75) is 51.8 Å². The van der Waals surface area contributed by atoms with E-state index in [9.17, 15) is 29.5 Å². The van der Waals surface area contributed by atoms with Crippen LogP contribution in [0.4, 0.5) is 10.5 Å². The quantitative estimate of drug-likeness (QED) is 0.375. The lowest BCUT2D eigenvalue weighted by Gasteiger charge is -2.32. The van der Waals surface area contributed by atoms with Gasteiger partial charge in [-0.1, -0.05) is 30.3 Å². The van der Waals surface area contributed by atoms with Gasteiger partial charge in [-0.25, -0.2) is 4.79 Å². The number of nitriles is 1. The Morgan fingerprint density at radius 3 is 2.27 bits per heavy atom. The molecule has 4 amide bonds. The zero-order valence-electron chi connectivity index (χ0n) is 21.1. The number of carbonyl (C=O) groups excluding carboxylic acids is 4.